The molecule has 1 aliphatic rings. The van der Waals surface area contributed by atoms with E-state index in [1.807, 2.05) is 6.92 Å². The quantitative estimate of drug-likeness (QED) is 0.223. The second-order valence-corrected chi connectivity index (χ2v) is 8.88. The Morgan fingerprint density at radius 2 is 1.94 bits per heavy atom. The molecule has 6 nitrogen and oxygen atoms in total. The lowest BCUT2D eigenvalue weighted by atomic mass is 10.1. The molecule has 0 atom stereocenters. The van der Waals surface area contributed by atoms with Crippen molar-refractivity contribution in [2.75, 3.05) is 19.8 Å². The summed E-state index contributed by atoms with van der Waals surface area (Å²) in [6, 6.07) is 10.0. The predicted molar refractivity (Wildman–Crippen MR) is 129 cm³/mol. The van der Waals surface area contributed by atoms with Crippen LogP contribution in [0.15, 0.2) is 58.4 Å². The lowest BCUT2D eigenvalue weighted by Gasteiger charge is -2.13. The molecule has 0 aliphatic carbocycles. The van der Waals surface area contributed by atoms with Crippen molar-refractivity contribution in [1.29, 1.82) is 0 Å². The van der Waals surface area contributed by atoms with Crippen molar-refractivity contribution in [3.05, 3.63) is 74.6 Å². The molecule has 1 fully saturated rings. The van der Waals surface area contributed by atoms with Crippen molar-refractivity contribution in [1.82, 2.24) is 4.90 Å². The van der Waals surface area contributed by atoms with E-state index in [1.165, 1.54) is 0 Å². The van der Waals surface area contributed by atoms with E-state index in [-0.39, 0.29) is 23.8 Å². The van der Waals surface area contributed by atoms with Crippen molar-refractivity contribution >= 4 is 62.3 Å². The molecule has 0 saturated carbocycles. The smallest absolute Gasteiger partial charge is 0.293 e. The average Bonchev–Trinajstić information content (AvgIpc) is 3.01. The van der Waals surface area contributed by atoms with E-state index in [9.17, 15) is 14.4 Å². The van der Waals surface area contributed by atoms with Crippen molar-refractivity contribution in [2.24, 2.45) is 0 Å². The molecule has 0 spiro atoms. The molecule has 2 aromatic carbocycles. The van der Waals surface area contributed by atoms with Crippen LogP contribution in [0, 0.1) is 0 Å². The van der Waals surface area contributed by atoms with E-state index in [1.54, 1.807) is 48.6 Å². The summed E-state index contributed by atoms with van der Waals surface area (Å²) in [4.78, 5) is 38.8. The third kappa shape index (κ3) is 5.62. The highest BCUT2D eigenvalue weighted by molar-refractivity contribution is 9.10. The SMILES string of the molecule is C=CCOc1c(Cl)cc(/C=C2/SC(=O)N(CC(=O)c3ccc(Br)cc3)C2=O)cc1OCC. The third-order valence-corrected chi connectivity index (χ3v) is 6.03. The summed E-state index contributed by atoms with van der Waals surface area (Å²) in [6.45, 7) is 5.75. The fourth-order valence-electron chi connectivity index (χ4n) is 2.87. The van der Waals surface area contributed by atoms with Crippen molar-refractivity contribution in [3.8, 4) is 11.5 Å². The highest BCUT2D eigenvalue weighted by Gasteiger charge is 2.36. The number of amides is 2. The van der Waals surface area contributed by atoms with Crippen molar-refractivity contribution < 1.29 is 23.9 Å². The molecule has 0 unspecified atom stereocenters. The monoisotopic (exact) mass is 535 g/mol. The minimum atomic E-state index is -0.536. The fourth-order valence-corrected chi connectivity index (χ4v) is 4.25. The van der Waals surface area contributed by atoms with Gasteiger partial charge >= 0.3 is 0 Å². The molecule has 9 heteroatoms. The van der Waals surface area contributed by atoms with E-state index in [0.29, 0.717) is 34.3 Å². The van der Waals surface area contributed by atoms with Crippen molar-refractivity contribution in [2.45, 2.75) is 6.92 Å². The molecule has 0 bridgehead atoms. The van der Waals surface area contributed by atoms with Crippen LogP contribution < -0.4 is 9.47 Å². The first-order valence-electron chi connectivity index (χ1n) is 9.58. The second kappa shape index (κ2) is 10.8. The largest absolute Gasteiger partial charge is 0.490 e. The first kappa shape index (κ1) is 24.1. The molecule has 2 aromatic rings. The Bertz CT molecular complexity index is 1100. The maximum absolute atomic E-state index is 12.8. The van der Waals surface area contributed by atoms with Crippen LogP contribution in [0.2, 0.25) is 5.02 Å². The number of thioether (sulfide) groups is 1. The number of carbonyl (C=O) groups is 3. The lowest BCUT2D eigenvalue weighted by Crippen LogP contribution is -2.33. The first-order chi connectivity index (χ1) is 15.3. The van der Waals surface area contributed by atoms with E-state index in [0.717, 1.165) is 21.1 Å². The number of nitrogens with zero attached hydrogens (tertiary/aromatic N) is 1. The van der Waals surface area contributed by atoms with Gasteiger partial charge in [0.1, 0.15) is 6.61 Å². The zero-order valence-corrected chi connectivity index (χ0v) is 20.3. The summed E-state index contributed by atoms with van der Waals surface area (Å²) in [5.74, 6) is -0.0746. The molecule has 0 radical (unpaired) electrons. The Morgan fingerprint density at radius 3 is 2.59 bits per heavy atom. The van der Waals surface area contributed by atoms with Gasteiger partial charge in [-0.15, -0.1) is 0 Å². The van der Waals surface area contributed by atoms with Gasteiger partial charge in [0.15, 0.2) is 17.3 Å². The van der Waals surface area contributed by atoms with E-state index < -0.39 is 11.1 Å². The number of hydrogen-bond donors (Lipinski definition) is 0. The number of benzene rings is 2. The lowest BCUT2D eigenvalue weighted by molar-refractivity contribution is -0.122. The number of ether oxygens (including phenoxy) is 2. The highest BCUT2D eigenvalue weighted by atomic mass is 79.9. The molecule has 166 valence electrons. The van der Waals surface area contributed by atoms with E-state index in [4.69, 9.17) is 21.1 Å². The fraction of sp³-hybridized carbons (Fsp3) is 0.174. The van der Waals surface area contributed by atoms with Crippen LogP contribution in [0.4, 0.5) is 4.79 Å². The summed E-state index contributed by atoms with van der Waals surface area (Å²) < 4.78 is 12.0. The molecule has 3 rings (SSSR count). The Labute approximate surface area is 203 Å². The topological polar surface area (TPSA) is 72.9 Å². The summed E-state index contributed by atoms with van der Waals surface area (Å²) in [5.41, 5.74) is 0.980. The minimum absolute atomic E-state index is 0.192. The van der Waals surface area contributed by atoms with Crippen LogP contribution in [-0.2, 0) is 4.79 Å². The Balaban J connectivity index is 1.82. The number of rotatable bonds is 9. The third-order valence-electron chi connectivity index (χ3n) is 4.32. The number of imide groups is 1. The molecule has 2 amide bonds. The van der Waals surface area contributed by atoms with Gasteiger partial charge < -0.3 is 9.47 Å². The molecule has 32 heavy (non-hydrogen) atoms. The molecular formula is C23H19BrClNO5S. The van der Waals surface area contributed by atoms with Crippen LogP contribution in [0.25, 0.3) is 6.08 Å². The van der Waals surface area contributed by atoms with Gasteiger partial charge in [0.05, 0.1) is 23.1 Å². The number of ketones is 1. The zero-order valence-electron chi connectivity index (χ0n) is 17.1. The van der Waals surface area contributed by atoms with Crippen LogP contribution in [0.5, 0.6) is 11.5 Å². The van der Waals surface area contributed by atoms with E-state index in [2.05, 4.69) is 22.5 Å². The second-order valence-electron chi connectivity index (χ2n) is 6.56. The standard InChI is InChI=1S/C23H19BrClNO5S/c1-3-9-31-21-17(25)10-14(11-19(21)30-4-2)12-20-22(28)26(23(29)32-20)13-18(27)15-5-7-16(24)8-6-15/h3,5-8,10-12H,1,4,9,13H2,2H3/b20-12+. The zero-order chi connectivity index (χ0) is 23.3. The Hall–Kier alpha value is -2.55. The molecule has 1 aliphatic heterocycles. The van der Waals surface area contributed by atoms with Gasteiger partial charge in [0.2, 0.25) is 0 Å². The van der Waals surface area contributed by atoms with Gasteiger partial charge in [-0.1, -0.05) is 52.3 Å². The van der Waals surface area contributed by atoms with Gasteiger partial charge in [-0.05, 0) is 54.6 Å². The highest BCUT2D eigenvalue weighted by Crippen LogP contribution is 2.39. The Morgan fingerprint density at radius 1 is 1.22 bits per heavy atom. The van der Waals surface area contributed by atoms with Gasteiger partial charge in [-0.2, -0.15) is 0 Å². The molecule has 1 heterocycles. The number of hydrogen-bond acceptors (Lipinski definition) is 6. The summed E-state index contributed by atoms with van der Waals surface area (Å²) >= 11 is 10.4. The summed E-state index contributed by atoms with van der Waals surface area (Å²) in [5, 5.41) is -0.206. The van der Waals surface area contributed by atoms with Gasteiger partial charge in [-0.3, -0.25) is 19.3 Å². The number of carbonyl (C=O) groups excluding carboxylic acids is 3. The van der Waals surface area contributed by atoms with Crippen LogP contribution in [-0.4, -0.2) is 41.6 Å². The number of Topliss-reactive ketones (excluding diaryl/α,β-unsaturated/α-hetero) is 1. The van der Waals surface area contributed by atoms with Gasteiger partial charge in [0, 0.05) is 10.0 Å². The maximum Gasteiger partial charge on any atom is 0.293 e. The maximum atomic E-state index is 12.8. The van der Waals surface area contributed by atoms with Gasteiger partial charge in [-0.25, -0.2) is 0 Å². The first-order valence-corrected chi connectivity index (χ1v) is 11.6. The number of halogens is 2. The average molecular weight is 537 g/mol. The molecule has 0 aromatic heterocycles. The van der Waals surface area contributed by atoms with Crippen LogP contribution in [0.3, 0.4) is 0 Å². The van der Waals surface area contributed by atoms with E-state index >= 15 is 0 Å². The van der Waals surface area contributed by atoms with Gasteiger partial charge in [0.25, 0.3) is 11.1 Å². The Kier molecular flexibility index (Phi) is 8.17. The molecule has 1 saturated heterocycles. The summed E-state index contributed by atoms with van der Waals surface area (Å²) in [7, 11) is 0. The predicted octanol–water partition coefficient (Wildman–Crippen LogP) is 5.99. The van der Waals surface area contributed by atoms with Crippen LogP contribution in [0.1, 0.15) is 22.8 Å². The molecular weight excluding hydrogens is 518 g/mol. The van der Waals surface area contributed by atoms with Crippen LogP contribution >= 0.6 is 39.3 Å². The van der Waals surface area contributed by atoms with Crippen molar-refractivity contribution in [3.63, 3.8) is 0 Å². The minimum Gasteiger partial charge on any atom is -0.490 e. The summed E-state index contributed by atoms with van der Waals surface area (Å²) in [6.07, 6.45) is 3.13. The normalized spacial score (nSPS) is 14.7. The molecule has 0 N–H and O–H groups in total.